The second kappa shape index (κ2) is 10.9. The number of ether oxygens (including phenoxy) is 1. The molecule has 2 aromatic heterocycles. The number of halogens is 1. The second-order valence-corrected chi connectivity index (χ2v) is 10.4. The normalized spacial score (nSPS) is 12.6. The number of H-pyrrole nitrogens is 1. The van der Waals surface area contributed by atoms with E-state index in [9.17, 15) is 9.90 Å². The van der Waals surface area contributed by atoms with E-state index in [1.165, 1.54) is 22.5 Å². The Balaban J connectivity index is 1.49. The minimum absolute atomic E-state index is 0.135. The topological polar surface area (TPSA) is 78.5 Å². The van der Waals surface area contributed by atoms with Gasteiger partial charge >= 0.3 is 0 Å². The quantitative estimate of drug-likeness (QED) is 0.307. The monoisotopic (exact) mass is 511 g/mol. The zero-order valence-electron chi connectivity index (χ0n) is 20.3. The summed E-state index contributed by atoms with van der Waals surface area (Å²) < 4.78 is 5.68. The van der Waals surface area contributed by atoms with Gasteiger partial charge in [-0.3, -0.25) is 9.69 Å². The van der Waals surface area contributed by atoms with E-state index in [0.29, 0.717) is 39.9 Å². The first-order chi connectivity index (χ1) is 16.7. The molecule has 35 heavy (non-hydrogen) atoms. The smallest absolute Gasteiger partial charge is 0.260 e. The van der Waals surface area contributed by atoms with Crippen molar-refractivity contribution in [1.82, 2.24) is 14.9 Å². The molecule has 0 bridgehead atoms. The van der Waals surface area contributed by atoms with Crippen molar-refractivity contribution < 1.29 is 9.84 Å². The molecule has 2 aromatic carbocycles. The summed E-state index contributed by atoms with van der Waals surface area (Å²) in [5.74, 6) is 1.23. The molecule has 8 heteroatoms. The van der Waals surface area contributed by atoms with E-state index in [0.717, 1.165) is 11.1 Å². The average Bonchev–Trinajstić information content (AvgIpc) is 3.24. The van der Waals surface area contributed by atoms with Gasteiger partial charge in [0, 0.05) is 28.6 Å². The lowest BCUT2D eigenvalue weighted by molar-refractivity contribution is 0.0533. The Labute approximate surface area is 214 Å². The Bertz CT molecular complexity index is 1360. The highest BCUT2D eigenvalue weighted by molar-refractivity contribution is 7.17. The van der Waals surface area contributed by atoms with Crippen LogP contribution in [-0.4, -0.2) is 45.3 Å². The van der Waals surface area contributed by atoms with Crippen molar-refractivity contribution in [2.24, 2.45) is 0 Å². The molecule has 0 saturated carbocycles. The number of benzene rings is 2. The van der Waals surface area contributed by atoms with Crippen molar-refractivity contribution in [3.63, 3.8) is 0 Å². The maximum Gasteiger partial charge on any atom is 0.260 e. The number of aryl methyl sites for hydroxylation is 2. The summed E-state index contributed by atoms with van der Waals surface area (Å²) in [4.78, 5) is 23.6. The lowest BCUT2D eigenvalue weighted by Gasteiger charge is -2.28. The van der Waals surface area contributed by atoms with Crippen LogP contribution in [0.1, 0.15) is 30.8 Å². The number of rotatable bonds is 9. The van der Waals surface area contributed by atoms with Crippen molar-refractivity contribution in [2.45, 2.75) is 46.4 Å². The standard InChI is InChI=1S/C27H30ClN3O3S/c1-16(2)31(12-21(32)14-34-22-9-7-20(28)8-10-22)13-24-29-26(33)25-23(15-35-27(25)30-24)19-6-5-17(3)18(4)11-19/h5-11,15-16,21,32H,12-14H2,1-4H3,(H,29,30,33). The van der Waals surface area contributed by atoms with E-state index in [1.807, 2.05) is 25.3 Å². The molecule has 0 aliphatic heterocycles. The third kappa shape index (κ3) is 6.11. The first-order valence-electron chi connectivity index (χ1n) is 11.6. The van der Waals surface area contributed by atoms with Crippen LogP contribution in [0.4, 0.5) is 0 Å². The van der Waals surface area contributed by atoms with Crippen LogP contribution in [0.25, 0.3) is 21.3 Å². The molecular weight excluding hydrogens is 482 g/mol. The number of aromatic amines is 1. The van der Waals surface area contributed by atoms with Crippen LogP contribution in [0.3, 0.4) is 0 Å². The van der Waals surface area contributed by atoms with Crippen molar-refractivity contribution >= 4 is 33.2 Å². The maximum absolute atomic E-state index is 13.1. The number of hydrogen-bond acceptors (Lipinski definition) is 6. The molecule has 4 rings (SSSR count). The number of nitrogens with zero attached hydrogens (tertiary/aromatic N) is 2. The molecule has 4 aromatic rings. The molecule has 0 saturated heterocycles. The number of hydrogen-bond donors (Lipinski definition) is 2. The SMILES string of the molecule is Cc1ccc(-c2csc3nc(CN(CC(O)COc4ccc(Cl)cc4)C(C)C)[nH]c(=O)c23)cc1C. The summed E-state index contributed by atoms with van der Waals surface area (Å²) in [6.45, 7) is 9.19. The minimum Gasteiger partial charge on any atom is -0.491 e. The Morgan fingerprint density at radius 2 is 1.89 bits per heavy atom. The average molecular weight is 512 g/mol. The van der Waals surface area contributed by atoms with Gasteiger partial charge in [0.15, 0.2) is 0 Å². The summed E-state index contributed by atoms with van der Waals surface area (Å²) in [6, 6.07) is 13.4. The zero-order chi connectivity index (χ0) is 25.1. The van der Waals surface area contributed by atoms with Gasteiger partial charge < -0.3 is 14.8 Å². The lowest BCUT2D eigenvalue weighted by atomic mass is 10.0. The lowest BCUT2D eigenvalue weighted by Crippen LogP contribution is -2.40. The summed E-state index contributed by atoms with van der Waals surface area (Å²) in [5.41, 5.74) is 4.19. The van der Waals surface area contributed by atoms with Gasteiger partial charge in [0.1, 0.15) is 29.1 Å². The van der Waals surface area contributed by atoms with Crippen molar-refractivity contribution in [1.29, 1.82) is 0 Å². The van der Waals surface area contributed by atoms with E-state index >= 15 is 0 Å². The fourth-order valence-corrected chi connectivity index (χ4v) is 4.98. The van der Waals surface area contributed by atoms with Crippen LogP contribution < -0.4 is 10.3 Å². The number of aliphatic hydroxyl groups excluding tert-OH is 1. The molecule has 2 heterocycles. The second-order valence-electron chi connectivity index (χ2n) is 9.08. The van der Waals surface area contributed by atoms with Gasteiger partial charge in [-0.1, -0.05) is 29.8 Å². The Hall–Kier alpha value is -2.71. The molecule has 0 aliphatic carbocycles. The Morgan fingerprint density at radius 1 is 1.14 bits per heavy atom. The minimum atomic E-state index is -0.707. The highest BCUT2D eigenvalue weighted by atomic mass is 35.5. The molecule has 0 aliphatic rings. The van der Waals surface area contributed by atoms with Gasteiger partial charge in [0.05, 0.1) is 11.9 Å². The third-order valence-electron chi connectivity index (χ3n) is 6.10. The van der Waals surface area contributed by atoms with Gasteiger partial charge in [0.25, 0.3) is 5.56 Å². The fraction of sp³-hybridized carbons (Fsp3) is 0.333. The summed E-state index contributed by atoms with van der Waals surface area (Å²) >= 11 is 7.38. The van der Waals surface area contributed by atoms with Crippen LogP contribution >= 0.6 is 22.9 Å². The van der Waals surface area contributed by atoms with Crippen LogP contribution in [0.5, 0.6) is 5.75 Å². The Morgan fingerprint density at radius 3 is 2.57 bits per heavy atom. The van der Waals surface area contributed by atoms with E-state index in [2.05, 4.69) is 35.9 Å². The van der Waals surface area contributed by atoms with Crippen molar-refractivity contribution in [2.75, 3.05) is 13.2 Å². The highest BCUT2D eigenvalue weighted by Gasteiger charge is 2.19. The van der Waals surface area contributed by atoms with Gasteiger partial charge in [0.2, 0.25) is 0 Å². The number of aliphatic hydroxyl groups is 1. The molecule has 1 atom stereocenters. The van der Waals surface area contributed by atoms with Crippen molar-refractivity contribution in [3.05, 3.63) is 80.2 Å². The van der Waals surface area contributed by atoms with Crippen LogP contribution in [0.2, 0.25) is 5.02 Å². The van der Waals surface area contributed by atoms with Crippen molar-refractivity contribution in [3.8, 4) is 16.9 Å². The predicted molar refractivity (Wildman–Crippen MR) is 144 cm³/mol. The first kappa shape index (κ1) is 25.4. The third-order valence-corrected chi connectivity index (χ3v) is 7.22. The molecule has 0 amide bonds. The highest BCUT2D eigenvalue weighted by Crippen LogP contribution is 2.31. The van der Waals surface area contributed by atoms with Crippen LogP contribution in [0.15, 0.2) is 52.6 Å². The zero-order valence-corrected chi connectivity index (χ0v) is 21.9. The molecule has 0 spiro atoms. The molecule has 2 N–H and O–H groups in total. The Kier molecular flexibility index (Phi) is 7.91. The van der Waals surface area contributed by atoms with Crippen LogP contribution in [-0.2, 0) is 6.54 Å². The van der Waals surface area contributed by atoms with E-state index < -0.39 is 6.10 Å². The molecule has 0 fully saturated rings. The maximum atomic E-state index is 13.1. The first-order valence-corrected chi connectivity index (χ1v) is 12.9. The van der Waals surface area contributed by atoms with Gasteiger partial charge in [-0.15, -0.1) is 11.3 Å². The molecular formula is C27H30ClN3O3S. The van der Waals surface area contributed by atoms with Gasteiger partial charge in [-0.25, -0.2) is 4.98 Å². The summed E-state index contributed by atoms with van der Waals surface area (Å²) in [7, 11) is 0. The van der Waals surface area contributed by atoms with E-state index in [-0.39, 0.29) is 18.2 Å². The molecule has 1 unspecified atom stereocenters. The number of thiophene rings is 1. The number of fused-ring (bicyclic) bond motifs is 1. The van der Waals surface area contributed by atoms with Gasteiger partial charge in [-0.05, 0) is 68.7 Å². The number of nitrogens with one attached hydrogen (secondary N) is 1. The molecule has 0 radical (unpaired) electrons. The van der Waals surface area contributed by atoms with Gasteiger partial charge in [-0.2, -0.15) is 0 Å². The van der Waals surface area contributed by atoms with E-state index in [4.69, 9.17) is 21.3 Å². The predicted octanol–water partition coefficient (Wildman–Crippen LogP) is 5.57. The summed E-state index contributed by atoms with van der Waals surface area (Å²) in [6.07, 6.45) is -0.707. The fourth-order valence-electron chi connectivity index (χ4n) is 3.89. The van der Waals surface area contributed by atoms with E-state index in [1.54, 1.807) is 24.3 Å². The largest absolute Gasteiger partial charge is 0.491 e. The molecule has 6 nitrogen and oxygen atoms in total. The van der Waals surface area contributed by atoms with Crippen LogP contribution in [0, 0.1) is 13.8 Å². The molecule has 184 valence electrons. The number of aromatic nitrogens is 2. The summed E-state index contributed by atoms with van der Waals surface area (Å²) in [5, 5.41) is 13.8.